The number of benzene rings is 1. The molecule has 5 nitrogen and oxygen atoms in total. The highest BCUT2D eigenvalue weighted by atomic mass is 32.1. The molecule has 2 aromatic rings. The maximum atomic E-state index is 13.2. The SMILES string of the molecule is CCOC(=O)[C@@H]1CCCN(C(=O)Cc2sc(C)nc2-c2ccc(F)cc2)C1. The monoisotopic (exact) mass is 390 g/mol. The number of rotatable bonds is 5. The van der Waals surface area contributed by atoms with Gasteiger partial charge in [-0.05, 0) is 51.0 Å². The summed E-state index contributed by atoms with van der Waals surface area (Å²) in [5.74, 6) is -0.796. The van der Waals surface area contributed by atoms with Gasteiger partial charge in [0.1, 0.15) is 5.82 Å². The van der Waals surface area contributed by atoms with Crippen molar-refractivity contribution in [3.8, 4) is 11.3 Å². The van der Waals surface area contributed by atoms with Crippen molar-refractivity contribution in [1.82, 2.24) is 9.88 Å². The lowest BCUT2D eigenvalue weighted by molar-refractivity contribution is -0.151. The third-order valence-electron chi connectivity index (χ3n) is 4.63. The van der Waals surface area contributed by atoms with Crippen molar-refractivity contribution in [2.24, 2.45) is 5.92 Å². The van der Waals surface area contributed by atoms with Crippen molar-refractivity contribution >= 4 is 23.2 Å². The largest absolute Gasteiger partial charge is 0.466 e. The summed E-state index contributed by atoms with van der Waals surface area (Å²) in [7, 11) is 0. The van der Waals surface area contributed by atoms with Gasteiger partial charge in [-0.15, -0.1) is 11.3 Å². The molecular formula is C20H23FN2O3S. The van der Waals surface area contributed by atoms with Crippen molar-refractivity contribution in [3.63, 3.8) is 0 Å². The number of aryl methyl sites for hydroxylation is 1. The second-order valence-corrected chi connectivity index (χ2v) is 7.91. The second-order valence-electron chi connectivity index (χ2n) is 6.62. The molecule has 144 valence electrons. The standard InChI is InChI=1S/C20H23FN2O3S/c1-3-26-20(25)15-5-4-10-23(12-15)18(24)11-17-19(22-13(2)27-17)14-6-8-16(21)9-7-14/h6-9,15H,3-5,10-12H2,1-2H3/t15-/m1/s1. The maximum absolute atomic E-state index is 13.2. The van der Waals surface area contributed by atoms with Crippen LogP contribution in [0.1, 0.15) is 29.7 Å². The minimum Gasteiger partial charge on any atom is -0.466 e. The Bertz CT molecular complexity index is 819. The average molecular weight is 390 g/mol. The maximum Gasteiger partial charge on any atom is 0.310 e. The Balaban J connectivity index is 1.72. The van der Waals surface area contributed by atoms with Crippen LogP contribution in [-0.4, -0.2) is 41.5 Å². The normalized spacial score (nSPS) is 17.0. The molecule has 0 bridgehead atoms. The second kappa shape index (κ2) is 8.61. The van der Waals surface area contributed by atoms with Crippen LogP contribution in [0.2, 0.25) is 0 Å². The predicted octanol–water partition coefficient (Wildman–Crippen LogP) is 3.60. The van der Waals surface area contributed by atoms with E-state index < -0.39 is 0 Å². The fraction of sp³-hybridized carbons (Fsp3) is 0.450. The first-order valence-electron chi connectivity index (χ1n) is 9.14. The van der Waals surface area contributed by atoms with E-state index in [0.717, 1.165) is 34.0 Å². The first-order chi connectivity index (χ1) is 13.0. The Hall–Kier alpha value is -2.28. The van der Waals surface area contributed by atoms with Crippen LogP contribution < -0.4 is 0 Å². The summed E-state index contributed by atoms with van der Waals surface area (Å²) in [6, 6.07) is 6.14. The first-order valence-corrected chi connectivity index (χ1v) is 9.96. The number of carbonyl (C=O) groups is 2. The number of piperidine rings is 1. The molecular weight excluding hydrogens is 367 g/mol. The summed E-state index contributed by atoms with van der Waals surface area (Å²) < 4.78 is 18.3. The van der Waals surface area contributed by atoms with Crippen LogP contribution in [-0.2, 0) is 20.7 Å². The molecule has 7 heteroatoms. The Morgan fingerprint density at radius 1 is 1.33 bits per heavy atom. The van der Waals surface area contributed by atoms with Crippen LogP contribution in [0.3, 0.4) is 0 Å². The smallest absolute Gasteiger partial charge is 0.310 e. The summed E-state index contributed by atoms with van der Waals surface area (Å²) in [6.45, 7) is 5.08. The molecule has 1 aliphatic heterocycles. The van der Waals surface area contributed by atoms with Crippen LogP contribution in [0, 0.1) is 18.7 Å². The Labute approximate surface area is 162 Å². The summed E-state index contributed by atoms with van der Waals surface area (Å²) in [4.78, 5) is 32.0. The molecule has 2 heterocycles. The van der Waals surface area contributed by atoms with E-state index in [1.165, 1.54) is 23.5 Å². The highest BCUT2D eigenvalue weighted by Crippen LogP contribution is 2.29. The molecule has 0 unspecified atom stereocenters. The topological polar surface area (TPSA) is 59.5 Å². The van der Waals surface area contributed by atoms with E-state index in [-0.39, 0.29) is 30.0 Å². The third kappa shape index (κ3) is 4.71. The average Bonchev–Trinajstić information content (AvgIpc) is 3.02. The highest BCUT2D eigenvalue weighted by molar-refractivity contribution is 7.12. The number of amides is 1. The third-order valence-corrected chi connectivity index (χ3v) is 5.60. The first kappa shape index (κ1) is 19.5. The number of nitrogens with zero attached hydrogens (tertiary/aromatic N) is 2. The number of carbonyl (C=O) groups excluding carboxylic acids is 2. The van der Waals surface area contributed by atoms with Gasteiger partial charge in [0.15, 0.2) is 0 Å². The van der Waals surface area contributed by atoms with Crippen LogP contribution in [0.5, 0.6) is 0 Å². The molecule has 0 saturated carbocycles. The predicted molar refractivity (Wildman–Crippen MR) is 102 cm³/mol. The molecule has 1 amide bonds. The fourth-order valence-corrected chi connectivity index (χ4v) is 4.28. The minimum absolute atomic E-state index is 0.0176. The minimum atomic E-state index is -0.304. The van der Waals surface area contributed by atoms with Crippen LogP contribution in [0.15, 0.2) is 24.3 Å². The zero-order chi connectivity index (χ0) is 19.4. The van der Waals surface area contributed by atoms with E-state index in [1.54, 1.807) is 24.0 Å². The number of likely N-dealkylation sites (tertiary alicyclic amines) is 1. The number of ether oxygens (including phenoxy) is 1. The van der Waals surface area contributed by atoms with E-state index in [2.05, 4.69) is 4.98 Å². The van der Waals surface area contributed by atoms with Crippen molar-refractivity contribution in [1.29, 1.82) is 0 Å². The van der Waals surface area contributed by atoms with Gasteiger partial charge >= 0.3 is 5.97 Å². The van der Waals surface area contributed by atoms with Gasteiger partial charge in [-0.3, -0.25) is 9.59 Å². The number of hydrogen-bond donors (Lipinski definition) is 0. The summed E-state index contributed by atoms with van der Waals surface area (Å²) in [5.41, 5.74) is 1.52. The molecule has 1 atom stereocenters. The van der Waals surface area contributed by atoms with Crippen molar-refractivity contribution in [3.05, 3.63) is 40.0 Å². The molecule has 0 N–H and O–H groups in total. The Morgan fingerprint density at radius 3 is 2.78 bits per heavy atom. The summed E-state index contributed by atoms with van der Waals surface area (Å²) >= 11 is 1.48. The van der Waals surface area contributed by atoms with E-state index >= 15 is 0 Å². The van der Waals surface area contributed by atoms with Crippen LogP contribution in [0.25, 0.3) is 11.3 Å². The van der Waals surface area contributed by atoms with Crippen molar-refractivity contribution < 1.29 is 18.7 Å². The zero-order valence-corrected chi connectivity index (χ0v) is 16.4. The molecule has 0 radical (unpaired) electrons. The summed E-state index contributed by atoms with van der Waals surface area (Å²) in [5, 5.41) is 0.861. The quantitative estimate of drug-likeness (QED) is 0.732. The van der Waals surface area contributed by atoms with Gasteiger partial charge < -0.3 is 9.64 Å². The van der Waals surface area contributed by atoms with Gasteiger partial charge in [0, 0.05) is 23.5 Å². The van der Waals surface area contributed by atoms with E-state index in [1.807, 2.05) is 6.92 Å². The molecule has 27 heavy (non-hydrogen) atoms. The number of aromatic nitrogens is 1. The number of halogens is 1. The van der Waals surface area contributed by atoms with E-state index in [4.69, 9.17) is 4.74 Å². The van der Waals surface area contributed by atoms with Gasteiger partial charge in [0.2, 0.25) is 5.91 Å². The number of thiazole rings is 1. The molecule has 1 fully saturated rings. The number of hydrogen-bond acceptors (Lipinski definition) is 5. The fourth-order valence-electron chi connectivity index (χ4n) is 3.33. The Kier molecular flexibility index (Phi) is 6.21. The molecule has 1 saturated heterocycles. The molecule has 1 aromatic heterocycles. The number of esters is 1. The lowest BCUT2D eigenvalue weighted by Crippen LogP contribution is -2.43. The molecule has 1 aliphatic rings. The van der Waals surface area contributed by atoms with Gasteiger partial charge in [0.05, 0.1) is 29.6 Å². The zero-order valence-electron chi connectivity index (χ0n) is 15.5. The van der Waals surface area contributed by atoms with Gasteiger partial charge in [-0.1, -0.05) is 0 Å². The van der Waals surface area contributed by atoms with Crippen LogP contribution >= 0.6 is 11.3 Å². The van der Waals surface area contributed by atoms with E-state index in [9.17, 15) is 14.0 Å². The van der Waals surface area contributed by atoms with Gasteiger partial charge in [0.25, 0.3) is 0 Å². The highest BCUT2D eigenvalue weighted by Gasteiger charge is 2.30. The molecule has 3 rings (SSSR count). The Morgan fingerprint density at radius 2 is 2.07 bits per heavy atom. The summed E-state index contributed by atoms with van der Waals surface area (Å²) in [6.07, 6.45) is 1.78. The molecule has 1 aromatic carbocycles. The van der Waals surface area contributed by atoms with Crippen molar-refractivity contribution in [2.45, 2.75) is 33.1 Å². The molecule has 0 spiro atoms. The molecule has 0 aliphatic carbocycles. The lowest BCUT2D eigenvalue weighted by Gasteiger charge is -2.31. The van der Waals surface area contributed by atoms with Crippen LogP contribution in [0.4, 0.5) is 4.39 Å². The van der Waals surface area contributed by atoms with Crippen molar-refractivity contribution in [2.75, 3.05) is 19.7 Å². The van der Waals surface area contributed by atoms with Gasteiger partial charge in [-0.25, -0.2) is 9.37 Å². The van der Waals surface area contributed by atoms with E-state index in [0.29, 0.717) is 19.7 Å². The lowest BCUT2D eigenvalue weighted by atomic mass is 9.98. The van der Waals surface area contributed by atoms with Gasteiger partial charge in [-0.2, -0.15) is 0 Å².